The Labute approximate surface area is 107 Å². The molecule has 2 rings (SSSR count). The van der Waals surface area contributed by atoms with Gasteiger partial charge in [-0.2, -0.15) is 0 Å². The van der Waals surface area contributed by atoms with Crippen LogP contribution in [-0.2, 0) is 6.54 Å². The molecule has 0 bridgehead atoms. The second kappa shape index (κ2) is 4.94. The summed E-state index contributed by atoms with van der Waals surface area (Å²) in [6.07, 6.45) is 0. The SMILES string of the molecule is C[NH2+]Cc1cc(=O)oc2cc(C)c(C(C)C)cc12. The first kappa shape index (κ1) is 12.8. The van der Waals surface area contributed by atoms with Gasteiger partial charge in [0.25, 0.3) is 0 Å². The van der Waals surface area contributed by atoms with E-state index in [2.05, 4.69) is 32.2 Å². The molecule has 0 unspecified atom stereocenters. The van der Waals surface area contributed by atoms with E-state index in [1.807, 2.05) is 13.1 Å². The van der Waals surface area contributed by atoms with E-state index in [9.17, 15) is 4.79 Å². The van der Waals surface area contributed by atoms with E-state index in [1.165, 1.54) is 11.1 Å². The van der Waals surface area contributed by atoms with Crippen molar-refractivity contribution in [2.75, 3.05) is 7.05 Å². The number of hydrogen-bond acceptors (Lipinski definition) is 2. The van der Waals surface area contributed by atoms with Gasteiger partial charge in [0.15, 0.2) is 0 Å². The van der Waals surface area contributed by atoms with Gasteiger partial charge in [-0.15, -0.1) is 0 Å². The highest BCUT2D eigenvalue weighted by atomic mass is 16.4. The van der Waals surface area contributed by atoms with Crippen LogP contribution in [0.4, 0.5) is 0 Å². The quantitative estimate of drug-likeness (QED) is 0.841. The number of benzene rings is 1. The second-order valence-electron chi connectivity index (χ2n) is 5.06. The summed E-state index contributed by atoms with van der Waals surface area (Å²) in [7, 11) is 2.00. The molecule has 0 spiro atoms. The predicted molar refractivity (Wildman–Crippen MR) is 72.9 cm³/mol. The fraction of sp³-hybridized carbons (Fsp3) is 0.400. The maximum absolute atomic E-state index is 11.5. The monoisotopic (exact) mass is 246 g/mol. The van der Waals surface area contributed by atoms with Crippen molar-refractivity contribution in [2.45, 2.75) is 33.2 Å². The van der Waals surface area contributed by atoms with E-state index in [1.54, 1.807) is 6.07 Å². The van der Waals surface area contributed by atoms with Crippen molar-refractivity contribution >= 4 is 11.0 Å². The van der Waals surface area contributed by atoms with Crippen molar-refractivity contribution in [2.24, 2.45) is 0 Å². The fourth-order valence-corrected chi connectivity index (χ4v) is 2.40. The minimum Gasteiger partial charge on any atom is -0.423 e. The topological polar surface area (TPSA) is 46.8 Å². The Kier molecular flexibility index (Phi) is 3.53. The second-order valence-corrected chi connectivity index (χ2v) is 5.06. The Hall–Kier alpha value is -1.61. The zero-order chi connectivity index (χ0) is 13.3. The van der Waals surface area contributed by atoms with Crippen LogP contribution in [0.1, 0.15) is 36.5 Å². The smallest absolute Gasteiger partial charge is 0.336 e. The molecule has 0 saturated carbocycles. The molecule has 2 aromatic rings. The summed E-state index contributed by atoms with van der Waals surface area (Å²) in [5, 5.41) is 3.12. The lowest BCUT2D eigenvalue weighted by Crippen LogP contribution is -2.77. The minimum absolute atomic E-state index is 0.268. The first-order chi connectivity index (χ1) is 8.52. The third-order valence-corrected chi connectivity index (χ3v) is 3.26. The number of quaternary nitrogens is 1. The molecule has 96 valence electrons. The maximum atomic E-state index is 11.5. The van der Waals surface area contributed by atoms with Crippen LogP contribution < -0.4 is 10.9 Å². The van der Waals surface area contributed by atoms with Crippen LogP contribution >= 0.6 is 0 Å². The van der Waals surface area contributed by atoms with Crippen LogP contribution in [0.15, 0.2) is 27.4 Å². The predicted octanol–water partition coefficient (Wildman–Crippen LogP) is 1.92. The average Bonchev–Trinajstić information content (AvgIpc) is 2.27. The van der Waals surface area contributed by atoms with Gasteiger partial charge in [0, 0.05) is 17.0 Å². The molecule has 0 fully saturated rings. The Balaban J connectivity index is 2.76. The number of nitrogens with two attached hydrogens (primary N) is 1. The molecule has 0 aliphatic rings. The molecule has 1 aromatic carbocycles. The summed E-state index contributed by atoms with van der Waals surface area (Å²) < 4.78 is 5.29. The van der Waals surface area contributed by atoms with E-state index in [-0.39, 0.29) is 5.63 Å². The summed E-state index contributed by atoms with van der Waals surface area (Å²) in [5.41, 5.74) is 3.97. The summed E-state index contributed by atoms with van der Waals surface area (Å²) in [5.74, 6) is 0.472. The first-order valence-electron chi connectivity index (χ1n) is 6.38. The van der Waals surface area contributed by atoms with Crippen LogP contribution in [-0.4, -0.2) is 7.05 Å². The van der Waals surface area contributed by atoms with E-state index < -0.39 is 0 Å². The summed E-state index contributed by atoms with van der Waals surface area (Å²) in [6.45, 7) is 7.22. The van der Waals surface area contributed by atoms with Gasteiger partial charge >= 0.3 is 5.63 Å². The van der Waals surface area contributed by atoms with Gasteiger partial charge in [-0.25, -0.2) is 4.79 Å². The molecular formula is C15H20NO2+. The summed E-state index contributed by atoms with van der Waals surface area (Å²) in [6, 6.07) is 5.74. The highest BCUT2D eigenvalue weighted by Gasteiger charge is 2.11. The summed E-state index contributed by atoms with van der Waals surface area (Å²) in [4.78, 5) is 11.5. The molecule has 0 radical (unpaired) electrons. The molecule has 0 amide bonds. The van der Waals surface area contributed by atoms with Crippen molar-refractivity contribution in [1.82, 2.24) is 0 Å². The van der Waals surface area contributed by atoms with Crippen LogP contribution in [0.2, 0.25) is 0 Å². The van der Waals surface area contributed by atoms with Gasteiger partial charge in [0.1, 0.15) is 12.1 Å². The lowest BCUT2D eigenvalue weighted by atomic mass is 9.95. The third-order valence-electron chi connectivity index (χ3n) is 3.26. The molecule has 1 aromatic heterocycles. The Morgan fingerprint density at radius 3 is 2.61 bits per heavy atom. The zero-order valence-electron chi connectivity index (χ0n) is 11.4. The lowest BCUT2D eigenvalue weighted by Gasteiger charge is -2.12. The molecule has 0 atom stereocenters. The standard InChI is InChI=1S/C15H19NO2/c1-9(2)12-7-13-11(8-16-4)6-15(17)18-14(13)5-10(12)3/h5-7,9,16H,8H2,1-4H3/p+1. The molecule has 0 aliphatic carbocycles. The van der Waals surface area contributed by atoms with Gasteiger partial charge in [-0.3, -0.25) is 0 Å². The van der Waals surface area contributed by atoms with Crippen molar-refractivity contribution in [3.8, 4) is 0 Å². The van der Waals surface area contributed by atoms with E-state index in [0.29, 0.717) is 11.5 Å². The highest BCUT2D eigenvalue weighted by molar-refractivity contribution is 5.82. The van der Waals surface area contributed by atoms with Gasteiger partial charge in [-0.05, 0) is 36.1 Å². The molecule has 0 saturated heterocycles. The Morgan fingerprint density at radius 1 is 1.28 bits per heavy atom. The minimum atomic E-state index is -0.268. The Morgan fingerprint density at radius 2 is 2.00 bits per heavy atom. The fourth-order valence-electron chi connectivity index (χ4n) is 2.40. The highest BCUT2D eigenvalue weighted by Crippen LogP contribution is 2.26. The number of rotatable bonds is 3. The molecule has 3 nitrogen and oxygen atoms in total. The van der Waals surface area contributed by atoms with E-state index in [4.69, 9.17) is 4.42 Å². The zero-order valence-corrected chi connectivity index (χ0v) is 11.4. The van der Waals surface area contributed by atoms with Crippen molar-refractivity contribution in [3.63, 3.8) is 0 Å². The number of aryl methyl sites for hydroxylation is 1. The molecule has 1 heterocycles. The maximum Gasteiger partial charge on any atom is 0.336 e. The van der Waals surface area contributed by atoms with Crippen LogP contribution in [0.25, 0.3) is 11.0 Å². The van der Waals surface area contributed by atoms with E-state index >= 15 is 0 Å². The van der Waals surface area contributed by atoms with Crippen molar-refractivity contribution < 1.29 is 9.73 Å². The van der Waals surface area contributed by atoms with Gasteiger partial charge in [0.2, 0.25) is 0 Å². The van der Waals surface area contributed by atoms with Crippen molar-refractivity contribution in [1.29, 1.82) is 0 Å². The largest absolute Gasteiger partial charge is 0.423 e. The molecule has 0 aliphatic heterocycles. The molecule has 18 heavy (non-hydrogen) atoms. The summed E-state index contributed by atoms with van der Waals surface area (Å²) >= 11 is 0. The lowest BCUT2D eigenvalue weighted by molar-refractivity contribution is -0.643. The van der Waals surface area contributed by atoms with Crippen LogP contribution in [0.3, 0.4) is 0 Å². The normalized spacial score (nSPS) is 11.4. The molecule has 2 N–H and O–H groups in total. The number of hydrogen-bond donors (Lipinski definition) is 1. The molecule has 3 heteroatoms. The average molecular weight is 246 g/mol. The van der Waals surface area contributed by atoms with E-state index in [0.717, 1.165) is 17.5 Å². The first-order valence-corrected chi connectivity index (χ1v) is 6.38. The van der Waals surface area contributed by atoms with Crippen LogP contribution in [0, 0.1) is 6.92 Å². The molecular weight excluding hydrogens is 226 g/mol. The van der Waals surface area contributed by atoms with Gasteiger partial charge in [0.05, 0.1) is 7.05 Å². The van der Waals surface area contributed by atoms with Crippen molar-refractivity contribution in [3.05, 3.63) is 45.3 Å². The van der Waals surface area contributed by atoms with Gasteiger partial charge < -0.3 is 9.73 Å². The van der Waals surface area contributed by atoms with Gasteiger partial charge in [-0.1, -0.05) is 13.8 Å². The van der Waals surface area contributed by atoms with Crippen LogP contribution in [0.5, 0.6) is 0 Å². The number of fused-ring (bicyclic) bond motifs is 1. The third kappa shape index (κ3) is 2.31. The Bertz CT molecular complexity index is 626.